The van der Waals surface area contributed by atoms with Gasteiger partial charge in [-0.05, 0) is 62.5 Å². The van der Waals surface area contributed by atoms with Gasteiger partial charge in [0.25, 0.3) is 5.56 Å². The SMILES string of the molecule is Cc1cc2nc(-c3ccc(-c4ccccc4C)cc3)n(CCN3CCCCC3)c(=O)c2s1. The minimum Gasteiger partial charge on any atom is -0.302 e. The number of aromatic nitrogens is 2. The molecule has 0 unspecified atom stereocenters. The van der Waals surface area contributed by atoms with E-state index in [-0.39, 0.29) is 5.56 Å². The predicted molar refractivity (Wildman–Crippen MR) is 135 cm³/mol. The van der Waals surface area contributed by atoms with E-state index in [9.17, 15) is 4.79 Å². The van der Waals surface area contributed by atoms with Gasteiger partial charge in [0.2, 0.25) is 0 Å². The molecule has 164 valence electrons. The first-order chi connectivity index (χ1) is 15.6. The van der Waals surface area contributed by atoms with E-state index in [4.69, 9.17) is 4.98 Å². The Hall–Kier alpha value is -2.76. The van der Waals surface area contributed by atoms with Gasteiger partial charge in [-0.2, -0.15) is 0 Å². The van der Waals surface area contributed by atoms with E-state index in [1.807, 2.05) is 17.6 Å². The van der Waals surface area contributed by atoms with E-state index < -0.39 is 0 Å². The third-order valence-electron chi connectivity index (χ3n) is 6.44. The van der Waals surface area contributed by atoms with Crippen LogP contribution in [0.1, 0.15) is 29.7 Å². The van der Waals surface area contributed by atoms with E-state index in [0.717, 1.165) is 46.1 Å². The quantitative estimate of drug-likeness (QED) is 0.386. The van der Waals surface area contributed by atoms with Crippen molar-refractivity contribution in [1.29, 1.82) is 0 Å². The fourth-order valence-electron chi connectivity index (χ4n) is 4.68. The first-order valence-electron chi connectivity index (χ1n) is 11.5. The molecule has 0 aliphatic carbocycles. The maximum Gasteiger partial charge on any atom is 0.271 e. The van der Waals surface area contributed by atoms with E-state index >= 15 is 0 Å². The Bertz CT molecular complexity index is 1300. The number of likely N-dealkylation sites (tertiary alicyclic amines) is 1. The van der Waals surface area contributed by atoms with Crippen molar-refractivity contribution in [1.82, 2.24) is 14.5 Å². The highest BCUT2D eigenvalue weighted by Crippen LogP contribution is 2.28. The van der Waals surface area contributed by atoms with Crippen molar-refractivity contribution >= 4 is 21.6 Å². The lowest BCUT2D eigenvalue weighted by atomic mass is 9.99. The monoisotopic (exact) mass is 443 g/mol. The fourth-order valence-corrected chi connectivity index (χ4v) is 5.58. The summed E-state index contributed by atoms with van der Waals surface area (Å²) >= 11 is 1.55. The zero-order valence-corrected chi connectivity index (χ0v) is 19.6. The van der Waals surface area contributed by atoms with Crippen LogP contribution >= 0.6 is 11.3 Å². The molecule has 4 aromatic rings. The predicted octanol–water partition coefficient (Wildman–Crippen LogP) is 5.89. The van der Waals surface area contributed by atoms with E-state index in [0.29, 0.717) is 6.54 Å². The van der Waals surface area contributed by atoms with E-state index in [1.54, 1.807) is 11.3 Å². The number of nitrogens with zero attached hydrogens (tertiary/aromatic N) is 3. The zero-order chi connectivity index (χ0) is 22.1. The molecule has 0 saturated carbocycles. The van der Waals surface area contributed by atoms with Crippen LogP contribution in [0.2, 0.25) is 0 Å². The van der Waals surface area contributed by atoms with Crippen molar-refractivity contribution in [3.8, 4) is 22.5 Å². The second kappa shape index (κ2) is 9.00. The molecular weight excluding hydrogens is 414 g/mol. The first-order valence-corrected chi connectivity index (χ1v) is 12.3. The molecule has 32 heavy (non-hydrogen) atoms. The number of rotatable bonds is 5. The molecule has 1 saturated heterocycles. The van der Waals surface area contributed by atoms with E-state index in [1.165, 1.54) is 36.0 Å². The molecule has 2 aromatic carbocycles. The van der Waals surface area contributed by atoms with Gasteiger partial charge in [0.1, 0.15) is 10.5 Å². The molecule has 2 aromatic heterocycles. The molecule has 1 aliphatic heterocycles. The largest absolute Gasteiger partial charge is 0.302 e. The lowest BCUT2D eigenvalue weighted by Crippen LogP contribution is -2.35. The molecule has 0 bridgehead atoms. The second-order valence-electron chi connectivity index (χ2n) is 8.76. The highest BCUT2D eigenvalue weighted by molar-refractivity contribution is 7.18. The smallest absolute Gasteiger partial charge is 0.271 e. The number of fused-ring (bicyclic) bond motifs is 1. The van der Waals surface area contributed by atoms with Crippen LogP contribution in [0, 0.1) is 13.8 Å². The number of piperidine rings is 1. The van der Waals surface area contributed by atoms with Crippen LogP contribution in [0.25, 0.3) is 32.7 Å². The summed E-state index contributed by atoms with van der Waals surface area (Å²) in [5.74, 6) is 0.772. The Morgan fingerprint density at radius 2 is 1.62 bits per heavy atom. The van der Waals surface area contributed by atoms with Crippen LogP contribution in [0.4, 0.5) is 0 Å². The average Bonchev–Trinajstić information content (AvgIpc) is 3.20. The lowest BCUT2D eigenvalue weighted by molar-refractivity contribution is 0.220. The summed E-state index contributed by atoms with van der Waals surface area (Å²) in [6.45, 7) is 8.00. The lowest BCUT2D eigenvalue weighted by Gasteiger charge is -2.27. The molecule has 1 fully saturated rings. The van der Waals surface area contributed by atoms with Gasteiger partial charge in [0.15, 0.2) is 0 Å². The normalized spacial score (nSPS) is 14.8. The molecule has 5 rings (SSSR count). The van der Waals surface area contributed by atoms with E-state index in [2.05, 4.69) is 60.4 Å². The standard InChI is InChI=1S/C27H29N3OS/c1-19-8-4-5-9-23(19)21-10-12-22(13-11-21)26-28-24-18-20(2)32-25(24)27(31)30(26)17-16-29-14-6-3-7-15-29/h4-5,8-13,18H,3,6-7,14-17H2,1-2H3. The van der Waals surface area contributed by atoms with Crippen molar-refractivity contribution < 1.29 is 0 Å². The summed E-state index contributed by atoms with van der Waals surface area (Å²) in [7, 11) is 0. The molecule has 0 radical (unpaired) electrons. The van der Waals surface area contributed by atoms with Gasteiger partial charge < -0.3 is 4.90 Å². The molecule has 0 N–H and O–H groups in total. The Morgan fingerprint density at radius 1 is 0.906 bits per heavy atom. The van der Waals surface area contributed by atoms with Gasteiger partial charge in [-0.3, -0.25) is 9.36 Å². The Kier molecular flexibility index (Phi) is 5.94. The maximum absolute atomic E-state index is 13.5. The summed E-state index contributed by atoms with van der Waals surface area (Å²) < 4.78 is 2.66. The molecule has 0 atom stereocenters. The van der Waals surface area contributed by atoms with Crippen LogP contribution in [0.15, 0.2) is 59.4 Å². The summed E-state index contributed by atoms with van der Waals surface area (Å²) in [4.78, 5) is 22.0. The summed E-state index contributed by atoms with van der Waals surface area (Å²) in [5, 5.41) is 0. The number of hydrogen-bond donors (Lipinski definition) is 0. The third kappa shape index (κ3) is 4.15. The molecule has 4 nitrogen and oxygen atoms in total. The fraction of sp³-hybridized carbons (Fsp3) is 0.333. The number of benzene rings is 2. The van der Waals surface area contributed by atoms with Crippen molar-refractivity contribution in [2.75, 3.05) is 19.6 Å². The molecule has 5 heteroatoms. The Balaban J connectivity index is 1.54. The Labute approximate surface area is 193 Å². The molecular formula is C27H29N3OS. The Morgan fingerprint density at radius 3 is 2.38 bits per heavy atom. The van der Waals surface area contributed by atoms with Gasteiger partial charge in [-0.1, -0.05) is 55.0 Å². The van der Waals surface area contributed by atoms with Crippen molar-refractivity contribution in [3.05, 3.63) is 75.4 Å². The average molecular weight is 444 g/mol. The first kappa shape index (κ1) is 21.1. The van der Waals surface area contributed by atoms with Crippen LogP contribution in [-0.2, 0) is 6.54 Å². The number of aryl methyl sites for hydroxylation is 2. The van der Waals surface area contributed by atoms with Gasteiger partial charge in [-0.25, -0.2) is 4.98 Å². The van der Waals surface area contributed by atoms with Crippen molar-refractivity contribution in [3.63, 3.8) is 0 Å². The summed E-state index contributed by atoms with van der Waals surface area (Å²) in [6, 6.07) is 18.9. The minimum absolute atomic E-state index is 0.0862. The summed E-state index contributed by atoms with van der Waals surface area (Å²) in [6.07, 6.45) is 3.82. The number of hydrogen-bond acceptors (Lipinski definition) is 4. The van der Waals surface area contributed by atoms with Crippen LogP contribution in [0.3, 0.4) is 0 Å². The highest BCUT2D eigenvalue weighted by atomic mass is 32.1. The van der Waals surface area contributed by atoms with Crippen molar-refractivity contribution in [2.24, 2.45) is 0 Å². The molecule has 0 amide bonds. The van der Waals surface area contributed by atoms with Gasteiger partial charge in [0, 0.05) is 23.5 Å². The minimum atomic E-state index is 0.0862. The molecule has 1 aliphatic rings. The molecule has 0 spiro atoms. The van der Waals surface area contributed by atoms with Crippen molar-refractivity contribution in [2.45, 2.75) is 39.7 Å². The van der Waals surface area contributed by atoms with Crippen LogP contribution in [0.5, 0.6) is 0 Å². The third-order valence-corrected chi connectivity index (χ3v) is 7.47. The maximum atomic E-state index is 13.5. The van der Waals surface area contributed by atoms with Gasteiger partial charge in [0.05, 0.1) is 5.52 Å². The van der Waals surface area contributed by atoms with Crippen LogP contribution < -0.4 is 5.56 Å². The summed E-state index contributed by atoms with van der Waals surface area (Å²) in [5.41, 5.74) is 5.56. The topological polar surface area (TPSA) is 38.1 Å². The molecule has 3 heterocycles. The van der Waals surface area contributed by atoms with Crippen LogP contribution in [-0.4, -0.2) is 34.1 Å². The second-order valence-corrected chi connectivity index (χ2v) is 10.0. The van der Waals surface area contributed by atoms with Gasteiger partial charge >= 0.3 is 0 Å². The highest BCUT2D eigenvalue weighted by Gasteiger charge is 2.17. The van der Waals surface area contributed by atoms with Gasteiger partial charge in [-0.15, -0.1) is 11.3 Å². The zero-order valence-electron chi connectivity index (χ0n) is 18.8. The number of thiophene rings is 1.